The predicted octanol–water partition coefficient (Wildman–Crippen LogP) is 4.55. The Labute approximate surface area is 120 Å². The van der Waals surface area contributed by atoms with Gasteiger partial charge in [-0.2, -0.15) is 0 Å². The number of benzene rings is 2. The minimum Gasteiger partial charge on any atom is -0.289 e. The average molecular weight is 262 g/mol. The van der Waals surface area contributed by atoms with Crippen molar-refractivity contribution in [2.24, 2.45) is 0 Å². The van der Waals surface area contributed by atoms with Gasteiger partial charge in [0.05, 0.1) is 0 Å². The van der Waals surface area contributed by atoms with E-state index in [9.17, 15) is 4.79 Å². The standard InChI is InChI=1S/C19H18O/c1-13-8-10-14(11-9-13)12-17-18(20)15-6-4-5-7-16(15)19(17,2)3/h4-12H,1-3H3/b17-12+. The lowest BCUT2D eigenvalue weighted by molar-refractivity contribution is 0.103. The highest BCUT2D eigenvalue weighted by Crippen LogP contribution is 2.43. The molecule has 1 nitrogen and oxygen atoms in total. The zero-order chi connectivity index (χ0) is 14.3. The molecule has 0 amide bonds. The van der Waals surface area contributed by atoms with Crippen LogP contribution in [0.5, 0.6) is 0 Å². The average Bonchev–Trinajstić information content (AvgIpc) is 2.63. The third-order valence-electron chi connectivity index (χ3n) is 4.15. The van der Waals surface area contributed by atoms with Crippen LogP contribution in [-0.4, -0.2) is 5.78 Å². The van der Waals surface area contributed by atoms with E-state index in [1.54, 1.807) is 0 Å². The molecule has 1 heteroatoms. The fourth-order valence-corrected chi connectivity index (χ4v) is 2.88. The molecule has 0 fully saturated rings. The van der Waals surface area contributed by atoms with Crippen LogP contribution in [0.15, 0.2) is 54.1 Å². The number of rotatable bonds is 1. The molecule has 3 rings (SSSR count). The van der Waals surface area contributed by atoms with E-state index in [1.807, 2.05) is 24.3 Å². The highest BCUT2D eigenvalue weighted by Gasteiger charge is 2.40. The Hall–Kier alpha value is -2.15. The van der Waals surface area contributed by atoms with E-state index in [-0.39, 0.29) is 11.2 Å². The van der Waals surface area contributed by atoms with Crippen molar-refractivity contribution in [2.75, 3.05) is 0 Å². The molecule has 0 unspecified atom stereocenters. The van der Waals surface area contributed by atoms with Crippen LogP contribution in [-0.2, 0) is 5.41 Å². The summed E-state index contributed by atoms with van der Waals surface area (Å²) in [5, 5.41) is 0. The molecule has 1 aliphatic carbocycles. The van der Waals surface area contributed by atoms with Gasteiger partial charge in [0.1, 0.15) is 0 Å². The van der Waals surface area contributed by atoms with Gasteiger partial charge in [-0.1, -0.05) is 67.9 Å². The molecule has 0 saturated heterocycles. The van der Waals surface area contributed by atoms with Gasteiger partial charge in [0, 0.05) is 16.6 Å². The van der Waals surface area contributed by atoms with Gasteiger partial charge in [-0.25, -0.2) is 0 Å². The van der Waals surface area contributed by atoms with Crippen molar-refractivity contribution in [3.8, 4) is 0 Å². The second-order valence-corrected chi connectivity index (χ2v) is 5.97. The second kappa shape index (κ2) is 4.45. The summed E-state index contributed by atoms with van der Waals surface area (Å²) in [6, 6.07) is 16.2. The highest BCUT2D eigenvalue weighted by atomic mass is 16.1. The second-order valence-electron chi connectivity index (χ2n) is 5.97. The van der Waals surface area contributed by atoms with Gasteiger partial charge < -0.3 is 0 Å². The van der Waals surface area contributed by atoms with Gasteiger partial charge in [-0.15, -0.1) is 0 Å². The van der Waals surface area contributed by atoms with E-state index in [2.05, 4.69) is 51.1 Å². The maximum atomic E-state index is 12.6. The molecule has 20 heavy (non-hydrogen) atoms. The Morgan fingerprint density at radius 1 is 0.950 bits per heavy atom. The fourth-order valence-electron chi connectivity index (χ4n) is 2.88. The first kappa shape index (κ1) is 12.9. The topological polar surface area (TPSA) is 17.1 Å². The molecular weight excluding hydrogens is 244 g/mol. The Kier molecular flexibility index (Phi) is 2.86. The summed E-state index contributed by atoms with van der Waals surface area (Å²) in [4.78, 5) is 12.6. The molecule has 100 valence electrons. The lowest BCUT2D eigenvalue weighted by Gasteiger charge is -2.20. The first-order chi connectivity index (χ1) is 9.50. The molecule has 0 saturated carbocycles. The van der Waals surface area contributed by atoms with Crippen molar-refractivity contribution < 1.29 is 4.79 Å². The largest absolute Gasteiger partial charge is 0.289 e. The smallest absolute Gasteiger partial charge is 0.190 e. The zero-order valence-electron chi connectivity index (χ0n) is 12.1. The van der Waals surface area contributed by atoms with Crippen molar-refractivity contribution in [3.63, 3.8) is 0 Å². The minimum absolute atomic E-state index is 0.158. The maximum Gasteiger partial charge on any atom is 0.190 e. The van der Waals surface area contributed by atoms with E-state index in [0.717, 1.165) is 22.3 Å². The van der Waals surface area contributed by atoms with Crippen molar-refractivity contribution in [1.29, 1.82) is 0 Å². The molecule has 2 aromatic rings. The SMILES string of the molecule is Cc1ccc(/C=C2\C(=O)c3ccccc3C2(C)C)cc1. The summed E-state index contributed by atoms with van der Waals surface area (Å²) in [6.07, 6.45) is 2.03. The Morgan fingerprint density at radius 2 is 1.60 bits per heavy atom. The number of aryl methyl sites for hydroxylation is 1. The Bertz CT molecular complexity index is 703. The van der Waals surface area contributed by atoms with Crippen LogP contribution in [0, 0.1) is 6.92 Å². The van der Waals surface area contributed by atoms with Crippen molar-refractivity contribution in [2.45, 2.75) is 26.2 Å². The van der Waals surface area contributed by atoms with Crippen molar-refractivity contribution in [3.05, 3.63) is 76.4 Å². The predicted molar refractivity (Wildman–Crippen MR) is 83.0 cm³/mol. The summed E-state index contributed by atoms with van der Waals surface area (Å²) in [7, 11) is 0. The van der Waals surface area contributed by atoms with Gasteiger partial charge in [0.25, 0.3) is 0 Å². The van der Waals surface area contributed by atoms with Crippen LogP contribution in [0.3, 0.4) is 0 Å². The third-order valence-corrected chi connectivity index (χ3v) is 4.15. The summed E-state index contributed by atoms with van der Waals surface area (Å²) in [5.41, 5.74) is 4.94. The molecule has 0 spiro atoms. The quantitative estimate of drug-likeness (QED) is 0.689. The van der Waals surface area contributed by atoms with Crippen LogP contribution in [0.4, 0.5) is 0 Å². The molecular formula is C19H18O. The number of Topliss-reactive ketones (excluding diaryl/α,β-unsaturated/α-hetero) is 1. The maximum absolute atomic E-state index is 12.6. The van der Waals surface area contributed by atoms with Crippen LogP contribution in [0.25, 0.3) is 6.08 Å². The van der Waals surface area contributed by atoms with Crippen LogP contribution in [0.1, 0.15) is 40.9 Å². The van der Waals surface area contributed by atoms with Crippen molar-refractivity contribution in [1.82, 2.24) is 0 Å². The lowest BCUT2D eigenvalue weighted by atomic mass is 9.82. The fraction of sp³-hybridized carbons (Fsp3) is 0.211. The molecule has 0 aromatic heterocycles. The summed E-state index contributed by atoms with van der Waals surface area (Å²) in [6.45, 7) is 6.31. The van der Waals surface area contributed by atoms with Gasteiger partial charge in [-0.05, 0) is 24.1 Å². The first-order valence-electron chi connectivity index (χ1n) is 6.93. The molecule has 2 aromatic carbocycles. The number of allylic oxidation sites excluding steroid dienone is 1. The van der Waals surface area contributed by atoms with E-state index >= 15 is 0 Å². The number of fused-ring (bicyclic) bond motifs is 1. The molecule has 0 radical (unpaired) electrons. The molecule has 1 aliphatic rings. The molecule has 0 bridgehead atoms. The van der Waals surface area contributed by atoms with Gasteiger partial charge in [-0.3, -0.25) is 4.79 Å². The summed E-state index contributed by atoms with van der Waals surface area (Å²) < 4.78 is 0. The molecule has 0 aliphatic heterocycles. The number of carbonyl (C=O) groups excluding carboxylic acids is 1. The normalized spacial score (nSPS) is 18.4. The summed E-state index contributed by atoms with van der Waals surface area (Å²) >= 11 is 0. The number of hydrogen-bond acceptors (Lipinski definition) is 1. The van der Waals surface area contributed by atoms with E-state index in [4.69, 9.17) is 0 Å². The van der Waals surface area contributed by atoms with Gasteiger partial charge in [0.2, 0.25) is 0 Å². The first-order valence-corrected chi connectivity index (χ1v) is 6.93. The molecule has 0 heterocycles. The zero-order valence-corrected chi connectivity index (χ0v) is 12.1. The van der Waals surface area contributed by atoms with Gasteiger partial charge >= 0.3 is 0 Å². The van der Waals surface area contributed by atoms with Crippen LogP contribution < -0.4 is 0 Å². The van der Waals surface area contributed by atoms with Crippen LogP contribution in [0.2, 0.25) is 0 Å². The Morgan fingerprint density at radius 3 is 2.25 bits per heavy atom. The highest BCUT2D eigenvalue weighted by molar-refractivity contribution is 6.17. The van der Waals surface area contributed by atoms with E-state index in [1.165, 1.54) is 5.56 Å². The third kappa shape index (κ3) is 1.90. The van der Waals surface area contributed by atoms with Crippen LogP contribution >= 0.6 is 0 Å². The number of hydrogen-bond donors (Lipinski definition) is 0. The monoisotopic (exact) mass is 262 g/mol. The number of carbonyl (C=O) groups is 1. The molecule has 0 N–H and O–H groups in total. The summed E-state index contributed by atoms with van der Waals surface area (Å²) in [5.74, 6) is 0.158. The minimum atomic E-state index is -0.224. The number of ketones is 1. The van der Waals surface area contributed by atoms with Gasteiger partial charge in [0.15, 0.2) is 5.78 Å². The Balaban J connectivity index is 2.12. The van der Waals surface area contributed by atoms with E-state index in [0.29, 0.717) is 0 Å². The van der Waals surface area contributed by atoms with E-state index < -0.39 is 0 Å². The molecule has 0 atom stereocenters. The lowest BCUT2D eigenvalue weighted by Crippen LogP contribution is -2.16. The van der Waals surface area contributed by atoms with Crippen molar-refractivity contribution >= 4 is 11.9 Å².